The third-order valence-corrected chi connectivity index (χ3v) is 6.53. The van der Waals surface area contributed by atoms with Crippen LogP contribution in [0.1, 0.15) is 24.4 Å². The van der Waals surface area contributed by atoms with Crippen LogP contribution >= 0.6 is 11.6 Å². The summed E-state index contributed by atoms with van der Waals surface area (Å²) in [4.78, 5) is 0. The molecule has 1 aromatic rings. The normalized spacial score (nSPS) is 27.1. The third kappa shape index (κ3) is 3.46. The molecular formula is C15H21ClN2O3S. The second kappa shape index (κ2) is 6.84. The average Bonchev–Trinajstić information content (AvgIpc) is 3.00. The van der Waals surface area contributed by atoms with Crippen molar-refractivity contribution in [2.24, 2.45) is 0 Å². The Morgan fingerprint density at radius 3 is 2.91 bits per heavy atom. The highest BCUT2D eigenvalue weighted by Crippen LogP contribution is 2.31. The van der Waals surface area contributed by atoms with Crippen molar-refractivity contribution in [3.63, 3.8) is 0 Å². The summed E-state index contributed by atoms with van der Waals surface area (Å²) in [5, 5.41) is 3.87. The highest BCUT2D eigenvalue weighted by molar-refractivity contribution is 7.89. The van der Waals surface area contributed by atoms with Crippen molar-refractivity contribution in [2.75, 3.05) is 32.0 Å². The van der Waals surface area contributed by atoms with Crippen LogP contribution in [0.25, 0.3) is 0 Å². The molecule has 0 spiro atoms. The van der Waals surface area contributed by atoms with E-state index in [4.69, 9.17) is 16.3 Å². The molecule has 0 radical (unpaired) electrons. The molecule has 0 amide bonds. The quantitative estimate of drug-likeness (QED) is 0.904. The molecular weight excluding hydrogens is 324 g/mol. The van der Waals surface area contributed by atoms with Gasteiger partial charge in [-0.2, -0.15) is 4.31 Å². The lowest BCUT2D eigenvalue weighted by Crippen LogP contribution is -2.50. The first-order valence-electron chi connectivity index (χ1n) is 7.64. The molecule has 3 rings (SSSR count). The summed E-state index contributed by atoms with van der Waals surface area (Å²) in [5.41, 5.74) is 0.854. The summed E-state index contributed by atoms with van der Waals surface area (Å²) in [6, 6.07) is 7.19. The Hall–Kier alpha value is -0.660. The Morgan fingerprint density at radius 1 is 1.36 bits per heavy atom. The minimum atomic E-state index is -3.37. The van der Waals surface area contributed by atoms with Crippen LogP contribution in [-0.2, 0) is 14.8 Å². The first kappa shape index (κ1) is 16.2. The van der Waals surface area contributed by atoms with Crippen LogP contribution in [0, 0.1) is 0 Å². The summed E-state index contributed by atoms with van der Waals surface area (Å²) < 4.78 is 32.7. The largest absolute Gasteiger partial charge is 0.377 e. The molecule has 2 heterocycles. The van der Waals surface area contributed by atoms with Gasteiger partial charge in [0.15, 0.2) is 0 Å². The summed E-state index contributed by atoms with van der Waals surface area (Å²) in [5.74, 6) is 0.0634. The van der Waals surface area contributed by atoms with Crippen LogP contribution in [0.15, 0.2) is 24.3 Å². The van der Waals surface area contributed by atoms with Crippen LogP contribution in [0.4, 0.5) is 0 Å². The number of nitrogens with zero attached hydrogens (tertiary/aromatic N) is 1. The van der Waals surface area contributed by atoms with Gasteiger partial charge in [0.05, 0.1) is 17.9 Å². The number of nitrogens with one attached hydrogen (secondary N) is 1. The van der Waals surface area contributed by atoms with Gasteiger partial charge in [0.25, 0.3) is 0 Å². The number of halogens is 1. The Morgan fingerprint density at radius 2 is 2.18 bits per heavy atom. The Labute approximate surface area is 136 Å². The molecule has 122 valence electrons. The van der Waals surface area contributed by atoms with Crippen molar-refractivity contribution < 1.29 is 13.2 Å². The van der Waals surface area contributed by atoms with E-state index in [0.29, 0.717) is 31.3 Å². The van der Waals surface area contributed by atoms with E-state index >= 15 is 0 Å². The van der Waals surface area contributed by atoms with Gasteiger partial charge in [-0.3, -0.25) is 0 Å². The van der Waals surface area contributed by atoms with Crippen LogP contribution in [0.2, 0.25) is 5.02 Å². The van der Waals surface area contributed by atoms with Crippen LogP contribution in [-0.4, -0.2) is 50.8 Å². The molecule has 7 heteroatoms. The number of benzene rings is 1. The van der Waals surface area contributed by atoms with Gasteiger partial charge in [0.1, 0.15) is 0 Å². The molecule has 2 atom stereocenters. The van der Waals surface area contributed by atoms with Crippen molar-refractivity contribution in [1.82, 2.24) is 9.62 Å². The Bertz CT molecular complexity index is 617. The van der Waals surface area contributed by atoms with Crippen LogP contribution in [0.3, 0.4) is 0 Å². The minimum Gasteiger partial charge on any atom is -0.377 e. The fraction of sp³-hybridized carbons (Fsp3) is 0.600. The fourth-order valence-electron chi connectivity index (χ4n) is 3.14. The molecule has 0 aliphatic carbocycles. The highest BCUT2D eigenvalue weighted by atomic mass is 35.5. The number of rotatable bonds is 4. The van der Waals surface area contributed by atoms with Crippen molar-refractivity contribution in [1.29, 1.82) is 0 Å². The van der Waals surface area contributed by atoms with Crippen LogP contribution in [0.5, 0.6) is 0 Å². The SMILES string of the molecule is O=S(=O)(CC1CCCO1)N1CCNCC1c1ccccc1Cl. The third-order valence-electron chi connectivity index (χ3n) is 4.24. The highest BCUT2D eigenvalue weighted by Gasteiger charge is 2.36. The second-order valence-electron chi connectivity index (χ2n) is 5.77. The van der Waals surface area contributed by atoms with Gasteiger partial charge in [-0.05, 0) is 24.5 Å². The minimum absolute atomic E-state index is 0.0634. The molecule has 2 fully saturated rings. The summed E-state index contributed by atoms with van der Waals surface area (Å²) in [6.45, 7) is 2.36. The van der Waals surface area contributed by atoms with Gasteiger partial charge in [-0.15, -0.1) is 0 Å². The standard InChI is InChI=1S/C15H21ClN2O3S/c16-14-6-2-1-5-13(14)15-10-17-7-8-18(15)22(19,20)11-12-4-3-9-21-12/h1-2,5-6,12,15,17H,3-4,7-11H2. The van der Waals surface area contributed by atoms with E-state index in [0.717, 1.165) is 18.4 Å². The van der Waals surface area contributed by atoms with Gasteiger partial charge in [0.2, 0.25) is 10.0 Å². The first-order chi connectivity index (χ1) is 10.6. The van der Waals surface area contributed by atoms with Gasteiger partial charge in [-0.1, -0.05) is 29.8 Å². The monoisotopic (exact) mass is 344 g/mol. The van der Waals surface area contributed by atoms with E-state index in [9.17, 15) is 8.42 Å². The molecule has 2 unspecified atom stereocenters. The van der Waals surface area contributed by atoms with E-state index in [-0.39, 0.29) is 17.9 Å². The zero-order chi connectivity index (χ0) is 15.6. The van der Waals surface area contributed by atoms with E-state index < -0.39 is 10.0 Å². The van der Waals surface area contributed by atoms with E-state index in [1.807, 2.05) is 18.2 Å². The van der Waals surface area contributed by atoms with Crippen molar-refractivity contribution in [2.45, 2.75) is 25.0 Å². The average molecular weight is 345 g/mol. The fourth-order valence-corrected chi connectivity index (χ4v) is 5.27. The van der Waals surface area contributed by atoms with Crippen molar-refractivity contribution >= 4 is 21.6 Å². The Balaban J connectivity index is 1.84. The van der Waals surface area contributed by atoms with E-state index in [1.165, 1.54) is 0 Å². The predicted molar refractivity (Wildman–Crippen MR) is 86.5 cm³/mol. The predicted octanol–water partition coefficient (Wildman–Crippen LogP) is 1.80. The summed E-state index contributed by atoms with van der Waals surface area (Å²) in [6.07, 6.45) is 1.59. The van der Waals surface area contributed by atoms with Gasteiger partial charge in [0, 0.05) is 31.3 Å². The van der Waals surface area contributed by atoms with Crippen molar-refractivity contribution in [3.8, 4) is 0 Å². The smallest absolute Gasteiger partial charge is 0.217 e. The molecule has 0 saturated carbocycles. The number of sulfonamides is 1. The lowest BCUT2D eigenvalue weighted by Gasteiger charge is -2.36. The maximum absolute atomic E-state index is 12.8. The lowest BCUT2D eigenvalue weighted by molar-refractivity contribution is 0.125. The number of hydrogen-bond acceptors (Lipinski definition) is 4. The van der Waals surface area contributed by atoms with E-state index in [1.54, 1.807) is 10.4 Å². The van der Waals surface area contributed by atoms with Gasteiger partial charge in [-0.25, -0.2) is 8.42 Å². The number of piperazine rings is 1. The molecule has 2 aliphatic heterocycles. The molecule has 2 aliphatic rings. The zero-order valence-electron chi connectivity index (χ0n) is 12.4. The molecule has 0 aromatic heterocycles. The van der Waals surface area contributed by atoms with Crippen molar-refractivity contribution in [3.05, 3.63) is 34.9 Å². The van der Waals surface area contributed by atoms with Crippen LogP contribution < -0.4 is 5.32 Å². The number of ether oxygens (including phenoxy) is 1. The molecule has 5 nitrogen and oxygen atoms in total. The first-order valence-corrected chi connectivity index (χ1v) is 9.63. The number of hydrogen-bond donors (Lipinski definition) is 1. The second-order valence-corrected chi connectivity index (χ2v) is 8.14. The molecule has 2 saturated heterocycles. The van der Waals surface area contributed by atoms with Gasteiger partial charge >= 0.3 is 0 Å². The van der Waals surface area contributed by atoms with Gasteiger partial charge < -0.3 is 10.1 Å². The topological polar surface area (TPSA) is 58.6 Å². The summed E-state index contributed by atoms with van der Waals surface area (Å²) in [7, 11) is -3.37. The molecule has 0 bridgehead atoms. The molecule has 1 N–H and O–H groups in total. The Kier molecular flexibility index (Phi) is 5.04. The molecule has 22 heavy (non-hydrogen) atoms. The zero-order valence-corrected chi connectivity index (χ0v) is 13.9. The maximum atomic E-state index is 12.8. The maximum Gasteiger partial charge on any atom is 0.217 e. The lowest BCUT2D eigenvalue weighted by atomic mass is 10.1. The summed E-state index contributed by atoms with van der Waals surface area (Å²) >= 11 is 6.27. The molecule has 1 aromatic carbocycles. The van der Waals surface area contributed by atoms with E-state index in [2.05, 4.69) is 5.32 Å².